The largest absolute Gasteiger partial charge is 0.415 e. The zero-order chi connectivity index (χ0) is 19.5. The van der Waals surface area contributed by atoms with E-state index in [2.05, 4.69) is 20.5 Å². The number of hydrogen-bond acceptors (Lipinski definition) is 7. The van der Waals surface area contributed by atoms with Gasteiger partial charge in [-0.25, -0.2) is 0 Å². The highest BCUT2D eigenvalue weighted by molar-refractivity contribution is 5.57. The molecule has 1 aromatic carbocycles. The molecule has 1 unspecified atom stereocenters. The third kappa shape index (κ3) is 3.66. The van der Waals surface area contributed by atoms with Crippen LogP contribution in [0, 0.1) is 6.92 Å². The molecule has 0 saturated carbocycles. The topological polar surface area (TPSA) is 101 Å². The molecule has 28 heavy (non-hydrogen) atoms. The monoisotopic (exact) mass is 385 g/mol. The van der Waals surface area contributed by atoms with Crippen LogP contribution < -0.4 is 10.2 Å². The van der Waals surface area contributed by atoms with Gasteiger partial charge in [0.05, 0.1) is 18.8 Å². The summed E-state index contributed by atoms with van der Waals surface area (Å²) in [6.45, 7) is 3.78. The molecular formula is C20H29N6O2+. The van der Waals surface area contributed by atoms with E-state index in [1.807, 2.05) is 38.2 Å². The van der Waals surface area contributed by atoms with Crippen LogP contribution in [-0.2, 0) is 6.54 Å². The number of aliphatic hydroxyl groups excluding tert-OH is 1. The Labute approximate surface area is 166 Å². The standard InChI is InChI=1S/C20H24N6O2.2H2/c1-13-18(23-17(11-22-13)26-9-3-4-16(26)12-27)20-25-24-19(28-20)15-7-5-14(6-8-15)10-21-2;;/h5-8,11,16,21,27H,3-4,9-10,12H2,1-2H3;2*1H/p+1/t16-;;/m0../s1. The van der Waals surface area contributed by atoms with Crippen LogP contribution in [0.4, 0.5) is 5.82 Å². The fourth-order valence-electron chi connectivity index (χ4n) is 3.67. The average Bonchev–Trinajstić information content (AvgIpc) is 3.39. The molecule has 150 valence electrons. The molecule has 2 aromatic heterocycles. The molecule has 0 radical (unpaired) electrons. The second kappa shape index (κ2) is 8.14. The van der Waals surface area contributed by atoms with Crippen molar-refractivity contribution in [2.75, 3.05) is 20.2 Å². The first-order valence-corrected chi connectivity index (χ1v) is 9.58. The van der Waals surface area contributed by atoms with E-state index in [1.54, 1.807) is 6.20 Å². The van der Waals surface area contributed by atoms with Crippen LogP contribution in [0.5, 0.6) is 0 Å². The molecule has 8 nitrogen and oxygen atoms in total. The molecule has 0 amide bonds. The minimum Gasteiger partial charge on any atom is -0.415 e. The van der Waals surface area contributed by atoms with E-state index in [0.717, 1.165) is 47.9 Å². The number of hydrogen-bond donors (Lipinski definition) is 3. The Balaban J connectivity index is 0.00000160. The number of rotatable bonds is 6. The lowest BCUT2D eigenvalue weighted by atomic mass is 10.1. The van der Waals surface area contributed by atoms with Crippen molar-refractivity contribution in [1.29, 1.82) is 0 Å². The summed E-state index contributed by atoms with van der Waals surface area (Å²) in [5, 5.41) is 21.1. The van der Waals surface area contributed by atoms with Gasteiger partial charge in [-0.15, -0.1) is 10.2 Å². The van der Waals surface area contributed by atoms with E-state index in [4.69, 9.17) is 9.40 Å². The summed E-state index contributed by atoms with van der Waals surface area (Å²) in [5.74, 6) is 1.63. The molecule has 4 rings (SSSR count). The lowest BCUT2D eigenvalue weighted by Crippen LogP contribution is -3.09. The molecule has 8 heteroatoms. The Morgan fingerprint density at radius 1 is 1.25 bits per heavy atom. The highest BCUT2D eigenvalue weighted by Crippen LogP contribution is 2.25. The molecule has 0 spiro atoms. The normalized spacial score (nSPS) is 19.2. The van der Waals surface area contributed by atoms with Gasteiger partial charge in [-0.1, -0.05) is 12.1 Å². The summed E-state index contributed by atoms with van der Waals surface area (Å²) >= 11 is 0. The summed E-state index contributed by atoms with van der Waals surface area (Å²) in [5.41, 5.74) is 3.39. The predicted molar refractivity (Wildman–Crippen MR) is 108 cm³/mol. The summed E-state index contributed by atoms with van der Waals surface area (Å²) in [7, 11) is 1.92. The Hall–Kier alpha value is -2.68. The molecule has 3 N–H and O–H groups in total. The first-order chi connectivity index (χ1) is 13.7. The molecule has 1 aliphatic rings. The van der Waals surface area contributed by atoms with Crippen LogP contribution in [0.25, 0.3) is 23.0 Å². The maximum Gasteiger partial charge on any atom is 0.268 e. The molecule has 1 saturated heterocycles. The number of aliphatic hydroxyl groups is 1. The zero-order valence-electron chi connectivity index (χ0n) is 16.1. The van der Waals surface area contributed by atoms with Crippen molar-refractivity contribution in [2.45, 2.75) is 32.4 Å². The molecule has 0 bridgehead atoms. The third-order valence-corrected chi connectivity index (χ3v) is 5.21. The van der Waals surface area contributed by atoms with E-state index >= 15 is 0 Å². The van der Waals surface area contributed by atoms with Gasteiger partial charge in [0.15, 0.2) is 5.69 Å². The Kier molecular flexibility index (Phi) is 5.43. The van der Waals surface area contributed by atoms with Crippen molar-refractivity contribution in [2.24, 2.45) is 0 Å². The van der Waals surface area contributed by atoms with Gasteiger partial charge >= 0.3 is 0 Å². The predicted octanol–water partition coefficient (Wildman–Crippen LogP) is 1.38. The number of quaternary nitrogens is 1. The maximum atomic E-state index is 9.61. The van der Waals surface area contributed by atoms with Crippen molar-refractivity contribution in [3.63, 3.8) is 0 Å². The van der Waals surface area contributed by atoms with Crippen LogP contribution >= 0.6 is 0 Å². The van der Waals surface area contributed by atoms with Gasteiger partial charge in [0, 0.05) is 27.8 Å². The van der Waals surface area contributed by atoms with E-state index in [1.165, 1.54) is 5.56 Å². The van der Waals surface area contributed by atoms with Gasteiger partial charge in [0.25, 0.3) is 5.89 Å². The minimum atomic E-state index is 0. The quantitative estimate of drug-likeness (QED) is 0.589. The van der Waals surface area contributed by atoms with E-state index in [0.29, 0.717) is 17.5 Å². The average molecular weight is 385 g/mol. The number of nitrogens with one attached hydrogen (secondary N) is 2. The highest BCUT2D eigenvalue weighted by Gasteiger charge is 2.31. The summed E-state index contributed by atoms with van der Waals surface area (Å²) in [6.07, 6.45) is 3.84. The third-order valence-electron chi connectivity index (χ3n) is 5.21. The van der Waals surface area contributed by atoms with Gasteiger partial charge in [-0.05, 0) is 31.7 Å². The van der Waals surface area contributed by atoms with Crippen LogP contribution in [0.3, 0.4) is 0 Å². The second-order valence-electron chi connectivity index (χ2n) is 7.13. The van der Waals surface area contributed by atoms with Crippen LogP contribution in [0.1, 0.15) is 27.0 Å². The molecule has 0 aliphatic carbocycles. The zero-order valence-corrected chi connectivity index (χ0v) is 16.1. The maximum absolute atomic E-state index is 9.61. The van der Waals surface area contributed by atoms with Gasteiger partial charge in [-0.3, -0.25) is 9.88 Å². The van der Waals surface area contributed by atoms with Crippen molar-refractivity contribution < 1.29 is 17.3 Å². The minimum absolute atomic E-state index is 0. The first kappa shape index (κ1) is 18.7. The Bertz CT molecular complexity index is 951. The first-order valence-electron chi connectivity index (χ1n) is 9.58. The summed E-state index contributed by atoms with van der Waals surface area (Å²) in [6, 6.07) is 8.18. The van der Waals surface area contributed by atoms with Gasteiger partial charge < -0.3 is 14.8 Å². The van der Waals surface area contributed by atoms with Crippen LogP contribution in [-0.4, -0.2) is 51.5 Å². The fourth-order valence-corrected chi connectivity index (χ4v) is 3.67. The summed E-state index contributed by atoms with van der Waals surface area (Å²) < 4.78 is 5.91. The van der Waals surface area contributed by atoms with Crippen molar-refractivity contribution in [1.82, 2.24) is 25.5 Å². The smallest absolute Gasteiger partial charge is 0.268 e. The Morgan fingerprint density at radius 2 is 2.04 bits per heavy atom. The number of aromatic nitrogens is 4. The van der Waals surface area contributed by atoms with Crippen molar-refractivity contribution in [3.05, 3.63) is 41.7 Å². The van der Waals surface area contributed by atoms with Crippen LogP contribution in [0.2, 0.25) is 0 Å². The van der Waals surface area contributed by atoms with E-state index in [-0.39, 0.29) is 15.5 Å². The fraction of sp³-hybridized carbons (Fsp3) is 0.400. The van der Waals surface area contributed by atoms with E-state index < -0.39 is 0 Å². The molecule has 1 fully saturated rings. The summed E-state index contributed by atoms with van der Waals surface area (Å²) in [4.78, 5) is 10.4. The number of benzene rings is 1. The Morgan fingerprint density at radius 3 is 2.79 bits per heavy atom. The lowest BCUT2D eigenvalue weighted by molar-refractivity contribution is -0.849. The van der Waals surface area contributed by atoms with Gasteiger partial charge in [0.2, 0.25) is 11.7 Å². The highest BCUT2D eigenvalue weighted by atomic mass is 16.4. The van der Waals surface area contributed by atoms with Gasteiger partial charge in [-0.2, -0.15) is 4.98 Å². The molecule has 2 atom stereocenters. The molecule has 3 aromatic rings. The van der Waals surface area contributed by atoms with Gasteiger partial charge in [0.1, 0.15) is 12.2 Å². The number of aryl methyl sites for hydroxylation is 1. The van der Waals surface area contributed by atoms with Crippen molar-refractivity contribution in [3.8, 4) is 23.0 Å². The second-order valence-corrected chi connectivity index (χ2v) is 7.13. The van der Waals surface area contributed by atoms with Crippen molar-refractivity contribution >= 4 is 5.82 Å². The SMILES string of the molecule is CNCc1ccc(-c2nnc(-c3nc([NH+]4CCC[C@H]4CO)cnc3C)o2)cc1.[HH].[HH]. The molecule has 3 heterocycles. The molecule has 1 aliphatic heterocycles. The lowest BCUT2D eigenvalue weighted by Gasteiger charge is -2.18. The van der Waals surface area contributed by atoms with E-state index in [9.17, 15) is 5.11 Å². The molecular weight excluding hydrogens is 356 g/mol. The van der Waals surface area contributed by atoms with Crippen LogP contribution in [0.15, 0.2) is 34.9 Å². The number of nitrogens with zero attached hydrogens (tertiary/aromatic N) is 4.